The Morgan fingerprint density at radius 3 is 1.94 bits per heavy atom. The molecule has 76 valence electrons. The van der Waals surface area contributed by atoms with E-state index in [1.165, 1.54) is 0 Å². The summed E-state index contributed by atoms with van der Waals surface area (Å²) in [6.07, 6.45) is 3.84. The van der Waals surface area contributed by atoms with Crippen molar-refractivity contribution in [3.63, 3.8) is 0 Å². The number of hydrogen-bond donors (Lipinski definition) is 0. The van der Waals surface area contributed by atoms with Crippen LogP contribution < -0.4 is 0 Å². The molecule has 0 radical (unpaired) electrons. The average molecular weight is 207 g/mol. The smallest absolute Gasteiger partial charge is 0.0267 e. The first-order valence-electron chi connectivity index (χ1n) is 5.07. The van der Waals surface area contributed by atoms with Crippen molar-refractivity contribution in [3.05, 3.63) is 66.5 Å². The largest absolute Gasteiger partial charge is 0.265 e. The summed E-state index contributed by atoms with van der Waals surface area (Å²) in [5.41, 5.74) is 0.748. The number of rotatable bonds is 2. The van der Waals surface area contributed by atoms with E-state index in [9.17, 15) is 4.79 Å². The summed E-state index contributed by atoms with van der Waals surface area (Å²) in [6.45, 7) is 0. The van der Waals surface area contributed by atoms with Gasteiger partial charge in [0.1, 0.15) is 0 Å². The van der Waals surface area contributed by atoms with Crippen LogP contribution in [-0.2, 0) is 0 Å². The molecule has 0 atom stereocenters. The maximum atomic E-state index is 11.0. The number of hydrogen-bond acceptors (Lipinski definition) is 2. The number of Topliss-reactive ketones (excluding diaryl/α,β-unsaturated/α-hetero) is 1. The summed E-state index contributed by atoms with van der Waals surface area (Å²) in [4.78, 5) is 14.7. The normalized spacial score (nSPS) is 8.88. The summed E-state index contributed by atoms with van der Waals surface area (Å²) in [6, 6.07) is 14.9. The van der Waals surface area contributed by atoms with E-state index in [0.29, 0.717) is 6.14 Å². The predicted molar refractivity (Wildman–Crippen MR) is 65.6 cm³/mol. The monoisotopic (exact) mass is 207 g/mol. The van der Waals surface area contributed by atoms with Crippen molar-refractivity contribution < 1.29 is 4.79 Å². The Bertz CT molecular complexity index is 376. The quantitative estimate of drug-likeness (QED) is 0.559. The fourth-order valence-corrected chi connectivity index (χ4v) is 1.08. The number of benzene rings is 1. The van der Waals surface area contributed by atoms with E-state index in [1.54, 1.807) is 24.5 Å². The van der Waals surface area contributed by atoms with Crippen molar-refractivity contribution in [2.45, 2.75) is 6.14 Å². The van der Waals surface area contributed by atoms with Crippen molar-refractivity contribution in [2.24, 2.45) is 0 Å². The maximum absolute atomic E-state index is 11.0. The minimum absolute atomic E-state index is 0.0978. The average Bonchev–Trinajstić information content (AvgIpc) is 2.41. The molecule has 0 amide bonds. The zero-order chi connectivity index (χ0) is 11.6. The van der Waals surface area contributed by atoms with Crippen molar-refractivity contribution in [1.29, 1.82) is 0 Å². The van der Waals surface area contributed by atoms with Crippen LogP contribution in [0.3, 0.4) is 0 Å². The van der Waals surface area contributed by atoms with Crippen molar-refractivity contribution >= 4 is 15.2 Å². The van der Waals surface area contributed by atoms with Gasteiger partial charge in [0.2, 0.25) is 0 Å². The van der Waals surface area contributed by atoms with E-state index in [0.717, 1.165) is 5.56 Å². The van der Waals surface area contributed by atoms with Gasteiger partial charge in [-0.3, -0.25) is 4.98 Å². The molecule has 0 N–H and O–H groups in total. The van der Waals surface area contributed by atoms with Crippen LogP contribution in [0.5, 0.6) is 0 Å². The topological polar surface area (TPSA) is 30.0 Å². The van der Waals surface area contributed by atoms with Crippen LogP contribution in [-0.4, -0.2) is 20.2 Å². The molecule has 0 saturated heterocycles. The van der Waals surface area contributed by atoms with Crippen LogP contribution in [0, 0.1) is 0 Å². The molecule has 0 aliphatic heterocycles. The Morgan fingerprint density at radius 1 is 1.00 bits per heavy atom. The van der Waals surface area contributed by atoms with E-state index < -0.39 is 0 Å². The Morgan fingerprint density at radius 2 is 1.56 bits per heavy atom. The van der Waals surface area contributed by atoms with Gasteiger partial charge in [0.15, 0.2) is 0 Å². The maximum Gasteiger partial charge on any atom is 0.0267 e. The number of carbonyl (C=O) groups excluding carboxylic acids is 1. The standard InChI is InChI=1S/C8H7O.C5H5N.Be/c1-7(9)8-5-3-2-4-6-8;1-2-4-6-5-3-1;/h2-6H,1H2;1-5H;/q;;+1. The molecule has 0 spiro atoms. The van der Waals surface area contributed by atoms with Gasteiger partial charge in [-0.25, -0.2) is 0 Å². The van der Waals surface area contributed by atoms with Gasteiger partial charge in [-0.05, 0) is 12.1 Å². The van der Waals surface area contributed by atoms with Gasteiger partial charge in [-0.1, -0.05) is 6.07 Å². The Labute approximate surface area is 98.1 Å². The summed E-state index contributed by atoms with van der Waals surface area (Å²) in [5.74, 6) is 0.0978. The first kappa shape index (κ1) is 12.3. The van der Waals surface area contributed by atoms with Crippen molar-refractivity contribution in [3.8, 4) is 0 Å². The molecule has 0 fully saturated rings. The van der Waals surface area contributed by atoms with Crippen LogP contribution >= 0.6 is 0 Å². The Balaban J connectivity index is 0.000000181. The van der Waals surface area contributed by atoms with Gasteiger partial charge >= 0.3 is 62.1 Å². The Hall–Kier alpha value is -1.79. The first-order valence-corrected chi connectivity index (χ1v) is 5.07. The van der Waals surface area contributed by atoms with E-state index in [2.05, 4.69) is 14.4 Å². The molecular formula is C13H12BeNO+. The third-order valence-corrected chi connectivity index (χ3v) is 1.89. The summed E-state index contributed by atoms with van der Waals surface area (Å²) < 4.78 is 0. The van der Waals surface area contributed by atoms with E-state index in [1.807, 2.05) is 36.4 Å². The predicted octanol–water partition coefficient (Wildman–Crippen LogP) is 2.54. The van der Waals surface area contributed by atoms with Gasteiger partial charge in [0, 0.05) is 12.4 Å². The fourth-order valence-electron chi connectivity index (χ4n) is 1.08. The van der Waals surface area contributed by atoms with Crippen LogP contribution in [0.15, 0.2) is 60.9 Å². The minimum Gasteiger partial charge on any atom is -0.265 e. The first-order chi connectivity index (χ1) is 7.84. The molecule has 2 nitrogen and oxygen atoms in total. The van der Waals surface area contributed by atoms with E-state index in [4.69, 9.17) is 0 Å². The second-order valence-electron chi connectivity index (χ2n) is 3.06. The van der Waals surface area contributed by atoms with E-state index >= 15 is 0 Å². The molecule has 0 saturated carbocycles. The van der Waals surface area contributed by atoms with Crippen LogP contribution in [0.2, 0.25) is 6.14 Å². The molecule has 1 aromatic carbocycles. The fraction of sp³-hybridized carbons (Fsp3) is 0.0769. The summed E-state index contributed by atoms with van der Waals surface area (Å²) in [7, 11) is 3.51. The molecular weight excluding hydrogens is 195 g/mol. The van der Waals surface area contributed by atoms with Crippen LogP contribution in [0.25, 0.3) is 0 Å². The zero-order valence-corrected chi connectivity index (χ0v) is 9.04. The number of nitrogens with zero attached hydrogens (tertiary/aromatic N) is 1. The van der Waals surface area contributed by atoms with Gasteiger partial charge in [-0.15, -0.1) is 0 Å². The molecule has 0 bridgehead atoms. The van der Waals surface area contributed by atoms with Crippen molar-refractivity contribution in [2.75, 3.05) is 0 Å². The molecule has 0 aliphatic rings. The third kappa shape index (κ3) is 4.63. The second kappa shape index (κ2) is 7.49. The van der Waals surface area contributed by atoms with Crippen molar-refractivity contribution in [1.82, 2.24) is 4.98 Å². The SMILES string of the molecule is [Be+][CH2]C(=O)c1ccccc1.c1ccncc1. The van der Waals surface area contributed by atoms with Gasteiger partial charge in [0.25, 0.3) is 0 Å². The Kier molecular flexibility index (Phi) is 5.75. The third-order valence-electron chi connectivity index (χ3n) is 1.89. The number of aromatic nitrogens is 1. The van der Waals surface area contributed by atoms with E-state index in [-0.39, 0.29) is 5.78 Å². The van der Waals surface area contributed by atoms with Gasteiger partial charge in [0.05, 0.1) is 0 Å². The minimum atomic E-state index is 0.0978. The molecule has 0 aliphatic carbocycles. The molecule has 16 heavy (non-hydrogen) atoms. The molecule has 3 heteroatoms. The number of ketones is 1. The number of pyridine rings is 1. The molecule has 1 heterocycles. The summed E-state index contributed by atoms with van der Waals surface area (Å²) >= 11 is 0. The second-order valence-corrected chi connectivity index (χ2v) is 3.06. The molecule has 0 unspecified atom stereocenters. The van der Waals surface area contributed by atoms with Gasteiger partial charge < -0.3 is 0 Å². The molecule has 2 rings (SSSR count). The molecule has 1 aromatic heterocycles. The zero-order valence-electron chi connectivity index (χ0n) is 9.04. The number of carbonyl (C=O) groups is 1. The van der Waals surface area contributed by atoms with Crippen LogP contribution in [0.1, 0.15) is 10.4 Å². The molecule has 2 aromatic rings. The van der Waals surface area contributed by atoms with Gasteiger partial charge in [-0.2, -0.15) is 0 Å². The summed E-state index contributed by atoms with van der Waals surface area (Å²) in [5, 5.41) is 0. The van der Waals surface area contributed by atoms with Crippen LogP contribution in [0.4, 0.5) is 0 Å².